The average Bonchev–Trinajstić information content (AvgIpc) is 3.51. The minimum absolute atomic E-state index is 0.144. The molecule has 1 atom stereocenters. The lowest BCUT2D eigenvalue weighted by atomic mass is 10.0. The third-order valence-corrected chi connectivity index (χ3v) is 8.22. The van der Waals surface area contributed by atoms with Gasteiger partial charge in [0.1, 0.15) is 12.1 Å². The predicted octanol–water partition coefficient (Wildman–Crippen LogP) is 8.39. The summed E-state index contributed by atoms with van der Waals surface area (Å²) in [6.07, 6.45) is 1.35. The molecule has 1 saturated heterocycles. The molecule has 0 spiro atoms. The Labute approximate surface area is 264 Å². The molecule has 234 valence electrons. The molecule has 1 fully saturated rings. The van der Waals surface area contributed by atoms with Crippen molar-refractivity contribution in [3.63, 3.8) is 0 Å². The first-order valence-electron chi connectivity index (χ1n) is 14.6. The number of thioether (sulfide) groups is 1. The lowest BCUT2D eigenvalue weighted by Gasteiger charge is -2.31. The Morgan fingerprint density at radius 1 is 1.11 bits per heavy atom. The van der Waals surface area contributed by atoms with Crippen LogP contribution in [-0.4, -0.2) is 50.8 Å². The molecule has 0 aliphatic carbocycles. The maximum atomic E-state index is 12.8. The van der Waals surface area contributed by atoms with Crippen molar-refractivity contribution in [3.05, 3.63) is 89.7 Å². The standard InChI is InChI=1S/C33H33F3N6O2S/c1-4-6-25-8-7-22(2)19-29(25)41-17-5-18-45-32(41)39-31(43)37-20-23(3)24-9-11-26(12-10-24)30-38-21-42(40-30)27-13-15-28(16-14-27)44-33(34,35)36/h7-16,19-21,23H,4-6,17-18H2,1-3H3. The third kappa shape index (κ3) is 8.39. The molecular weight excluding hydrogens is 601 g/mol. The van der Waals surface area contributed by atoms with Gasteiger partial charge < -0.3 is 9.64 Å². The molecule has 5 rings (SSSR count). The van der Waals surface area contributed by atoms with Gasteiger partial charge in [0, 0.05) is 35.7 Å². The van der Waals surface area contributed by atoms with E-state index in [2.05, 4.69) is 61.8 Å². The number of alkyl halides is 3. The molecule has 2 heterocycles. The van der Waals surface area contributed by atoms with Crippen LogP contribution in [0.4, 0.5) is 23.7 Å². The van der Waals surface area contributed by atoms with Crippen molar-refractivity contribution >= 4 is 34.9 Å². The SMILES string of the molecule is CCCc1ccc(C)cc1N1CCCSC1=NC(=O)N=CC(C)c1ccc(-c2ncn(-c3ccc(OC(F)(F)F)cc3)n2)cc1. The first kappa shape index (κ1) is 32.0. The second kappa shape index (κ2) is 14.1. The largest absolute Gasteiger partial charge is 0.573 e. The number of urea groups is 1. The van der Waals surface area contributed by atoms with Gasteiger partial charge in [-0.15, -0.1) is 18.3 Å². The first-order valence-corrected chi connectivity index (χ1v) is 15.6. The van der Waals surface area contributed by atoms with Crippen LogP contribution >= 0.6 is 11.8 Å². The Bertz CT molecular complexity index is 1680. The number of carbonyl (C=O) groups excluding carboxylic acids is 1. The van der Waals surface area contributed by atoms with E-state index in [-0.39, 0.29) is 11.7 Å². The van der Waals surface area contributed by atoms with Crippen LogP contribution < -0.4 is 9.64 Å². The number of benzene rings is 3. The highest BCUT2D eigenvalue weighted by Crippen LogP contribution is 2.30. The van der Waals surface area contributed by atoms with Crippen LogP contribution in [-0.2, 0) is 6.42 Å². The number of aryl methyl sites for hydroxylation is 2. The van der Waals surface area contributed by atoms with Crippen LogP contribution in [0.3, 0.4) is 0 Å². The highest BCUT2D eigenvalue weighted by molar-refractivity contribution is 8.14. The Morgan fingerprint density at radius 3 is 2.58 bits per heavy atom. The van der Waals surface area contributed by atoms with Crippen molar-refractivity contribution in [1.29, 1.82) is 0 Å². The van der Waals surface area contributed by atoms with Crippen molar-refractivity contribution in [1.82, 2.24) is 14.8 Å². The van der Waals surface area contributed by atoms with Gasteiger partial charge in [-0.3, -0.25) is 0 Å². The van der Waals surface area contributed by atoms with E-state index in [1.165, 1.54) is 46.4 Å². The maximum Gasteiger partial charge on any atom is 0.573 e. The summed E-state index contributed by atoms with van der Waals surface area (Å²) < 4.78 is 42.7. The molecule has 4 aromatic rings. The van der Waals surface area contributed by atoms with Crippen molar-refractivity contribution < 1.29 is 22.7 Å². The van der Waals surface area contributed by atoms with Crippen molar-refractivity contribution in [3.8, 4) is 22.8 Å². The molecule has 12 heteroatoms. The molecule has 1 aliphatic rings. The summed E-state index contributed by atoms with van der Waals surface area (Å²) in [5, 5.41) is 5.13. The van der Waals surface area contributed by atoms with Crippen LogP contribution in [0.25, 0.3) is 17.1 Å². The number of rotatable bonds is 8. The number of nitrogens with zero attached hydrogens (tertiary/aromatic N) is 6. The van der Waals surface area contributed by atoms with Crippen LogP contribution in [0.1, 0.15) is 49.3 Å². The molecule has 1 aliphatic heterocycles. The normalized spacial score (nSPS) is 15.5. The Hall–Kier alpha value is -4.45. The van der Waals surface area contributed by atoms with E-state index in [0.29, 0.717) is 16.7 Å². The number of carbonyl (C=O) groups is 1. The number of amidine groups is 1. The Morgan fingerprint density at radius 2 is 1.87 bits per heavy atom. The predicted molar refractivity (Wildman–Crippen MR) is 173 cm³/mol. The van der Waals surface area contributed by atoms with Gasteiger partial charge in [-0.2, -0.15) is 4.99 Å². The smallest absolute Gasteiger partial charge is 0.406 e. The lowest BCUT2D eigenvalue weighted by molar-refractivity contribution is -0.274. The quantitative estimate of drug-likeness (QED) is 0.181. The third-order valence-electron chi connectivity index (χ3n) is 7.16. The van der Waals surface area contributed by atoms with Crippen LogP contribution in [0.15, 0.2) is 83.0 Å². The minimum Gasteiger partial charge on any atom is -0.406 e. The summed E-state index contributed by atoms with van der Waals surface area (Å²) in [5.41, 5.74) is 5.77. The highest BCUT2D eigenvalue weighted by Gasteiger charge is 2.31. The molecule has 0 radical (unpaired) electrons. The molecule has 2 amide bonds. The van der Waals surface area contributed by atoms with Gasteiger partial charge in [-0.25, -0.2) is 19.5 Å². The minimum atomic E-state index is -4.75. The second-order valence-corrected chi connectivity index (χ2v) is 11.7. The van der Waals surface area contributed by atoms with Gasteiger partial charge in [-0.1, -0.05) is 68.4 Å². The molecule has 0 N–H and O–H groups in total. The van der Waals surface area contributed by atoms with Gasteiger partial charge in [0.2, 0.25) is 0 Å². The fraction of sp³-hybridized carbons (Fsp3) is 0.303. The fourth-order valence-corrected chi connectivity index (χ4v) is 5.85. The van der Waals surface area contributed by atoms with Crippen LogP contribution in [0.5, 0.6) is 5.75 Å². The summed E-state index contributed by atoms with van der Waals surface area (Å²) in [6, 6.07) is 18.9. The monoisotopic (exact) mass is 634 g/mol. The van der Waals surface area contributed by atoms with Crippen molar-refractivity contribution in [2.75, 3.05) is 17.2 Å². The van der Waals surface area contributed by atoms with Gasteiger partial charge in [0.05, 0.1) is 5.69 Å². The molecule has 0 bridgehead atoms. The van der Waals surface area contributed by atoms with E-state index < -0.39 is 12.4 Å². The number of ether oxygens (including phenoxy) is 1. The van der Waals surface area contributed by atoms with Gasteiger partial charge in [0.25, 0.3) is 0 Å². The molecule has 45 heavy (non-hydrogen) atoms. The zero-order valence-corrected chi connectivity index (χ0v) is 26.0. The van der Waals surface area contributed by atoms with Gasteiger partial charge in [-0.05, 0) is 66.8 Å². The maximum absolute atomic E-state index is 12.8. The number of halogens is 3. The summed E-state index contributed by atoms with van der Waals surface area (Å²) in [7, 11) is 0. The van der Waals surface area contributed by atoms with Crippen molar-refractivity contribution in [2.45, 2.75) is 52.3 Å². The number of hydrogen-bond donors (Lipinski definition) is 0. The molecule has 1 aromatic heterocycles. The first-order chi connectivity index (χ1) is 21.6. The highest BCUT2D eigenvalue weighted by atomic mass is 32.2. The van der Waals surface area contributed by atoms with Gasteiger partial charge in [0.15, 0.2) is 11.0 Å². The Kier molecular flexibility index (Phi) is 10.0. The van der Waals surface area contributed by atoms with E-state index >= 15 is 0 Å². The van der Waals surface area contributed by atoms with Crippen LogP contribution in [0.2, 0.25) is 0 Å². The number of amides is 2. The second-order valence-electron chi connectivity index (χ2n) is 10.7. The Balaban J connectivity index is 1.24. The van der Waals surface area contributed by atoms with E-state index in [0.717, 1.165) is 48.4 Å². The number of anilines is 1. The number of aliphatic imine (C=N–C) groups is 2. The van der Waals surface area contributed by atoms with Crippen molar-refractivity contribution in [2.24, 2.45) is 9.98 Å². The number of hydrogen-bond acceptors (Lipinski definition) is 5. The summed E-state index contributed by atoms with van der Waals surface area (Å²) in [5.74, 6) is 0.899. The van der Waals surface area contributed by atoms with E-state index in [4.69, 9.17) is 0 Å². The number of aromatic nitrogens is 3. The molecule has 3 aromatic carbocycles. The summed E-state index contributed by atoms with van der Waals surface area (Å²) in [4.78, 5) is 27.9. The molecular formula is C33H33F3N6O2S. The van der Waals surface area contributed by atoms with E-state index in [1.54, 1.807) is 18.0 Å². The average molecular weight is 635 g/mol. The summed E-state index contributed by atoms with van der Waals surface area (Å²) in [6.45, 7) is 6.99. The summed E-state index contributed by atoms with van der Waals surface area (Å²) >= 11 is 1.58. The van der Waals surface area contributed by atoms with Gasteiger partial charge >= 0.3 is 12.4 Å². The molecule has 0 saturated carbocycles. The topological polar surface area (TPSA) is 85.0 Å². The lowest BCUT2D eigenvalue weighted by Crippen LogP contribution is -2.35. The molecule has 8 nitrogen and oxygen atoms in total. The zero-order chi connectivity index (χ0) is 32.0. The van der Waals surface area contributed by atoms with E-state index in [1.807, 2.05) is 31.2 Å². The fourth-order valence-electron chi connectivity index (χ4n) is 4.91. The van der Waals surface area contributed by atoms with E-state index in [9.17, 15) is 18.0 Å². The zero-order valence-electron chi connectivity index (χ0n) is 25.2. The molecule has 1 unspecified atom stereocenters. The van der Waals surface area contributed by atoms with Crippen LogP contribution in [0, 0.1) is 6.92 Å².